The summed E-state index contributed by atoms with van der Waals surface area (Å²) >= 11 is 0. The van der Waals surface area contributed by atoms with Gasteiger partial charge in [-0.1, -0.05) is 67.6 Å². The highest BCUT2D eigenvalue weighted by Gasteiger charge is 2.12. The van der Waals surface area contributed by atoms with Crippen molar-refractivity contribution in [3.05, 3.63) is 71.8 Å². The summed E-state index contributed by atoms with van der Waals surface area (Å²) in [4.78, 5) is 11.9. The van der Waals surface area contributed by atoms with Gasteiger partial charge < -0.3 is 10.1 Å². The number of rotatable bonds is 8. The van der Waals surface area contributed by atoms with Gasteiger partial charge in [-0.15, -0.1) is 0 Å². The summed E-state index contributed by atoms with van der Waals surface area (Å²) in [6, 6.07) is 20.4. The van der Waals surface area contributed by atoms with E-state index in [-0.39, 0.29) is 12.2 Å². The van der Waals surface area contributed by atoms with Gasteiger partial charge in [-0.3, -0.25) is 0 Å². The second-order valence-electron chi connectivity index (χ2n) is 5.62. The Morgan fingerprint density at radius 1 is 0.957 bits per heavy atom. The Bertz CT molecular complexity index is 569. The Labute approximate surface area is 138 Å². The van der Waals surface area contributed by atoms with Crippen LogP contribution in [0.2, 0.25) is 0 Å². The highest BCUT2D eigenvalue weighted by atomic mass is 16.6. The molecule has 0 heterocycles. The summed E-state index contributed by atoms with van der Waals surface area (Å²) in [7, 11) is 0. The van der Waals surface area contributed by atoms with Gasteiger partial charge in [0.05, 0.1) is 0 Å². The van der Waals surface area contributed by atoms with E-state index in [4.69, 9.17) is 4.74 Å². The van der Waals surface area contributed by atoms with Crippen LogP contribution < -0.4 is 5.32 Å². The first-order valence-corrected chi connectivity index (χ1v) is 8.30. The molecular weight excluding hydrogens is 286 g/mol. The number of hydrogen-bond donors (Lipinski definition) is 1. The molecule has 3 nitrogen and oxygen atoms in total. The molecule has 1 N–H and O–H groups in total. The molecule has 0 saturated heterocycles. The zero-order valence-corrected chi connectivity index (χ0v) is 13.7. The first-order valence-electron chi connectivity index (χ1n) is 8.30. The van der Waals surface area contributed by atoms with Gasteiger partial charge in [0, 0.05) is 6.54 Å². The predicted octanol–water partition coefficient (Wildman–Crippen LogP) is 4.37. The Hall–Kier alpha value is -2.29. The van der Waals surface area contributed by atoms with E-state index >= 15 is 0 Å². The van der Waals surface area contributed by atoms with E-state index in [1.807, 2.05) is 43.3 Å². The van der Waals surface area contributed by atoms with Gasteiger partial charge in [0.15, 0.2) is 0 Å². The third-order valence-electron chi connectivity index (χ3n) is 3.85. The lowest BCUT2D eigenvalue weighted by Crippen LogP contribution is -2.30. The Morgan fingerprint density at radius 2 is 1.52 bits per heavy atom. The second-order valence-corrected chi connectivity index (χ2v) is 5.62. The number of benzene rings is 2. The van der Waals surface area contributed by atoms with Gasteiger partial charge in [-0.05, 0) is 36.8 Å². The van der Waals surface area contributed by atoms with Crippen LogP contribution in [0.5, 0.6) is 0 Å². The van der Waals surface area contributed by atoms with E-state index in [0.29, 0.717) is 6.54 Å². The molecule has 0 fully saturated rings. The van der Waals surface area contributed by atoms with Crippen LogP contribution in [0.3, 0.4) is 0 Å². The summed E-state index contributed by atoms with van der Waals surface area (Å²) < 4.78 is 5.51. The Balaban J connectivity index is 1.67. The molecule has 23 heavy (non-hydrogen) atoms. The Morgan fingerprint density at radius 3 is 2.09 bits per heavy atom. The van der Waals surface area contributed by atoms with E-state index in [9.17, 15) is 4.79 Å². The lowest BCUT2D eigenvalue weighted by molar-refractivity contribution is 0.0905. The molecule has 1 unspecified atom stereocenters. The highest BCUT2D eigenvalue weighted by molar-refractivity contribution is 5.67. The van der Waals surface area contributed by atoms with E-state index < -0.39 is 0 Å². The van der Waals surface area contributed by atoms with Gasteiger partial charge in [-0.2, -0.15) is 0 Å². The van der Waals surface area contributed by atoms with Gasteiger partial charge in [0.1, 0.15) is 6.10 Å². The number of amides is 1. The standard InChI is InChI=1S/C20H25NO2/c1-2-19(14-13-17-9-5-3-6-10-17)23-20(22)21-16-15-18-11-7-4-8-12-18/h3-12,19H,2,13-16H2,1H3,(H,21,22). The highest BCUT2D eigenvalue weighted by Crippen LogP contribution is 2.10. The second kappa shape index (κ2) is 9.67. The fraction of sp³-hybridized carbons (Fsp3) is 0.350. The molecule has 122 valence electrons. The van der Waals surface area contributed by atoms with Crippen molar-refractivity contribution in [2.45, 2.75) is 38.7 Å². The number of alkyl carbamates (subject to hydrolysis) is 1. The smallest absolute Gasteiger partial charge is 0.407 e. The maximum atomic E-state index is 11.9. The molecule has 1 atom stereocenters. The summed E-state index contributed by atoms with van der Waals surface area (Å²) in [6.45, 7) is 2.64. The van der Waals surface area contributed by atoms with Gasteiger partial charge in [0.25, 0.3) is 0 Å². The lowest BCUT2D eigenvalue weighted by atomic mass is 10.1. The molecule has 0 spiro atoms. The quantitative estimate of drug-likeness (QED) is 0.786. The molecule has 0 radical (unpaired) electrons. The van der Waals surface area contributed by atoms with Crippen molar-refractivity contribution >= 4 is 6.09 Å². The van der Waals surface area contributed by atoms with Crippen molar-refractivity contribution in [3.63, 3.8) is 0 Å². The zero-order chi connectivity index (χ0) is 16.3. The van der Waals surface area contributed by atoms with Crippen LogP contribution in [-0.4, -0.2) is 18.7 Å². The summed E-state index contributed by atoms with van der Waals surface area (Å²) in [5, 5.41) is 2.83. The number of nitrogens with one attached hydrogen (secondary N) is 1. The summed E-state index contributed by atoms with van der Waals surface area (Å²) in [6.07, 6.45) is 3.08. The third-order valence-corrected chi connectivity index (χ3v) is 3.85. The van der Waals surface area contributed by atoms with Gasteiger partial charge in [0.2, 0.25) is 0 Å². The molecule has 0 bridgehead atoms. The SMILES string of the molecule is CCC(CCc1ccccc1)OC(=O)NCCc1ccccc1. The van der Waals surface area contributed by atoms with Crippen LogP contribution in [0, 0.1) is 0 Å². The van der Waals surface area contributed by atoms with E-state index in [2.05, 4.69) is 29.6 Å². The molecule has 3 heteroatoms. The molecule has 2 aromatic rings. The summed E-state index contributed by atoms with van der Waals surface area (Å²) in [5.41, 5.74) is 2.49. The predicted molar refractivity (Wildman–Crippen MR) is 93.5 cm³/mol. The largest absolute Gasteiger partial charge is 0.446 e. The van der Waals surface area contributed by atoms with E-state index in [1.54, 1.807) is 0 Å². The first-order chi connectivity index (χ1) is 11.3. The van der Waals surface area contributed by atoms with Gasteiger partial charge in [-0.25, -0.2) is 4.79 Å². The van der Waals surface area contributed by atoms with Crippen LogP contribution in [0.25, 0.3) is 0 Å². The van der Waals surface area contributed by atoms with Crippen LogP contribution in [0.1, 0.15) is 30.9 Å². The molecular formula is C20H25NO2. The number of carbonyl (C=O) groups excluding carboxylic acids is 1. The topological polar surface area (TPSA) is 38.3 Å². The normalized spacial score (nSPS) is 11.7. The van der Waals surface area contributed by atoms with Gasteiger partial charge >= 0.3 is 6.09 Å². The zero-order valence-electron chi connectivity index (χ0n) is 13.7. The van der Waals surface area contributed by atoms with Crippen molar-refractivity contribution in [1.29, 1.82) is 0 Å². The van der Waals surface area contributed by atoms with Crippen LogP contribution in [0.15, 0.2) is 60.7 Å². The Kier molecular flexibility index (Phi) is 7.18. The minimum Gasteiger partial charge on any atom is -0.446 e. The van der Waals surface area contributed by atoms with Crippen molar-refractivity contribution in [2.24, 2.45) is 0 Å². The van der Waals surface area contributed by atoms with E-state index in [0.717, 1.165) is 25.7 Å². The summed E-state index contributed by atoms with van der Waals surface area (Å²) in [5.74, 6) is 0. The molecule has 1 amide bonds. The molecule has 0 aliphatic carbocycles. The first kappa shape index (κ1) is 17.1. The van der Waals surface area contributed by atoms with Crippen molar-refractivity contribution in [3.8, 4) is 0 Å². The maximum absolute atomic E-state index is 11.9. The van der Waals surface area contributed by atoms with Crippen LogP contribution in [-0.2, 0) is 17.6 Å². The molecule has 0 aromatic heterocycles. The maximum Gasteiger partial charge on any atom is 0.407 e. The van der Waals surface area contributed by atoms with Crippen molar-refractivity contribution in [1.82, 2.24) is 5.32 Å². The molecule has 0 aliphatic heterocycles. The number of hydrogen-bond acceptors (Lipinski definition) is 2. The molecule has 2 aromatic carbocycles. The third kappa shape index (κ3) is 6.55. The van der Waals surface area contributed by atoms with Crippen LogP contribution >= 0.6 is 0 Å². The number of aryl methyl sites for hydroxylation is 1. The minimum absolute atomic E-state index is 0.0352. The molecule has 0 aliphatic rings. The molecule has 0 saturated carbocycles. The molecule has 2 rings (SSSR count). The fourth-order valence-electron chi connectivity index (χ4n) is 2.47. The monoisotopic (exact) mass is 311 g/mol. The van der Waals surface area contributed by atoms with Crippen LogP contribution in [0.4, 0.5) is 4.79 Å². The average molecular weight is 311 g/mol. The van der Waals surface area contributed by atoms with E-state index in [1.165, 1.54) is 11.1 Å². The number of carbonyl (C=O) groups is 1. The fourth-order valence-corrected chi connectivity index (χ4v) is 2.47. The minimum atomic E-state index is -0.319. The van der Waals surface area contributed by atoms with Crippen molar-refractivity contribution in [2.75, 3.05) is 6.54 Å². The lowest BCUT2D eigenvalue weighted by Gasteiger charge is -2.16. The average Bonchev–Trinajstić information content (AvgIpc) is 2.60. The van der Waals surface area contributed by atoms with Crippen molar-refractivity contribution < 1.29 is 9.53 Å². The number of ether oxygens (including phenoxy) is 1.